The molecule has 26 heavy (non-hydrogen) atoms. The summed E-state index contributed by atoms with van der Waals surface area (Å²) >= 11 is 12.4. The second-order valence-electron chi connectivity index (χ2n) is 5.91. The van der Waals surface area contributed by atoms with Gasteiger partial charge in [-0.2, -0.15) is 9.61 Å². The fourth-order valence-electron chi connectivity index (χ4n) is 2.87. The van der Waals surface area contributed by atoms with Gasteiger partial charge in [0.15, 0.2) is 0 Å². The van der Waals surface area contributed by atoms with Crippen LogP contribution in [0.5, 0.6) is 5.75 Å². The van der Waals surface area contributed by atoms with Crippen LogP contribution >= 0.6 is 23.2 Å². The number of oxazole rings is 1. The van der Waals surface area contributed by atoms with E-state index in [1.807, 2.05) is 32.0 Å². The first kappa shape index (κ1) is 16.9. The average molecular weight is 388 g/mol. The number of nitrogens with zero attached hydrogens (tertiary/aromatic N) is 3. The molecular formula is C19H15Cl2N3O2. The number of fused-ring (bicyclic) bond motifs is 1. The average Bonchev–Trinajstić information content (AvgIpc) is 3.08. The summed E-state index contributed by atoms with van der Waals surface area (Å²) < 4.78 is 13.6. The van der Waals surface area contributed by atoms with E-state index in [9.17, 15) is 0 Å². The maximum absolute atomic E-state index is 6.38. The fraction of sp³-hybridized carbons (Fsp3) is 0.158. The Bertz CT molecular complexity index is 1090. The Kier molecular flexibility index (Phi) is 4.34. The molecule has 132 valence electrons. The maximum atomic E-state index is 6.38. The van der Waals surface area contributed by atoms with Gasteiger partial charge in [-0.1, -0.05) is 29.3 Å². The third-order valence-electron chi connectivity index (χ3n) is 4.05. The van der Waals surface area contributed by atoms with Crippen molar-refractivity contribution >= 4 is 28.9 Å². The molecule has 0 atom stereocenters. The van der Waals surface area contributed by atoms with Crippen molar-refractivity contribution in [1.29, 1.82) is 0 Å². The van der Waals surface area contributed by atoms with E-state index in [1.54, 1.807) is 29.0 Å². The molecule has 0 aliphatic rings. The number of pyridine rings is 1. The van der Waals surface area contributed by atoms with Gasteiger partial charge < -0.3 is 9.15 Å². The predicted molar refractivity (Wildman–Crippen MR) is 101 cm³/mol. The summed E-state index contributed by atoms with van der Waals surface area (Å²) in [5, 5.41) is 5.69. The lowest BCUT2D eigenvalue weighted by Crippen LogP contribution is -1.96. The standard InChI is InChI=1S/C19H15Cl2N3O2/c1-11-18(25-10-13-4-3-7-22-9-13)19-24(23-11)17(12(2)26-19)15-6-5-14(20)8-16(15)21/h3-9H,10H2,1-2H3. The second-order valence-corrected chi connectivity index (χ2v) is 6.76. The highest BCUT2D eigenvalue weighted by molar-refractivity contribution is 6.36. The summed E-state index contributed by atoms with van der Waals surface area (Å²) in [6.07, 6.45) is 3.49. The maximum Gasteiger partial charge on any atom is 0.266 e. The molecule has 0 fully saturated rings. The quantitative estimate of drug-likeness (QED) is 0.464. The third kappa shape index (κ3) is 2.93. The number of ether oxygens (including phenoxy) is 1. The molecule has 5 nitrogen and oxygen atoms in total. The third-order valence-corrected chi connectivity index (χ3v) is 4.60. The molecule has 0 saturated heterocycles. The lowest BCUT2D eigenvalue weighted by atomic mass is 10.1. The van der Waals surface area contributed by atoms with E-state index in [-0.39, 0.29) is 0 Å². The molecule has 0 saturated carbocycles. The first-order chi connectivity index (χ1) is 12.5. The smallest absolute Gasteiger partial charge is 0.266 e. The minimum Gasteiger partial charge on any atom is -0.482 e. The summed E-state index contributed by atoms with van der Waals surface area (Å²) in [5.74, 6) is 1.30. The van der Waals surface area contributed by atoms with Crippen molar-refractivity contribution in [2.45, 2.75) is 20.5 Å². The molecule has 3 aromatic heterocycles. The number of hydrogen-bond donors (Lipinski definition) is 0. The van der Waals surface area contributed by atoms with Gasteiger partial charge in [0.1, 0.15) is 23.8 Å². The molecule has 0 unspecified atom stereocenters. The Morgan fingerprint density at radius 2 is 2.04 bits per heavy atom. The number of aromatic nitrogens is 3. The first-order valence-corrected chi connectivity index (χ1v) is 8.76. The Labute approximate surface area is 160 Å². The predicted octanol–water partition coefficient (Wildman–Crippen LogP) is 5.49. The van der Waals surface area contributed by atoms with Crippen LogP contribution in [0.3, 0.4) is 0 Å². The second kappa shape index (κ2) is 6.67. The van der Waals surface area contributed by atoms with E-state index in [1.165, 1.54) is 0 Å². The van der Waals surface area contributed by atoms with E-state index >= 15 is 0 Å². The van der Waals surface area contributed by atoms with Gasteiger partial charge in [0.25, 0.3) is 5.71 Å². The van der Waals surface area contributed by atoms with E-state index in [0.717, 1.165) is 22.5 Å². The zero-order chi connectivity index (χ0) is 18.3. The van der Waals surface area contributed by atoms with Crippen molar-refractivity contribution in [3.63, 3.8) is 0 Å². The largest absolute Gasteiger partial charge is 0.482 e. The van der Waals surface area contributed by atoms with Gasteiger partial charge in [-0.05, 0) is 38.1 Å². The number of aryl methyl sites for hydroxylation is 2. The summed E-state index contributed by atoms with van der Waals surface area (Å²) in [6.45, 7) is 4.13. The molecule has 3 heterocycles. The molecule has 0 aliphatic heterocycles. The highest BCUT2D eigenvalue weighted by Crippen LogP contribution is 2.37. The highest BCUT2D eigenvalue weighted by Gasteiger charge is 2.22. The highest BCUT2D eigenvalue weighted by atomic mass is 35.5. The number of rotatable bonds is 4. The van der Waals surface area contributed by atoms with Crippen molar-refractivity contribution in [3.8, 4) is 17.0 Å². The van der Waals surface area contributed by atoms with Gasteiger partial charge in [0.2, 0.25) is 5.75 Å². The van der Waals surface area contributed by atoms with Gasteiger partial charge in [-0.25, -0.2) is 0 Å². The van der Waals surface area contributed by atoms with Crippen LogP contribution < -0.4 is 4.74 Å². The normalized spacial score (nSPS) is 11.2. The minimum absolute atomic E-state index is 0.382. The number of halogens is 2. The van der Waals surface area contributed by atoms with Crippen LogP contribution in [0, 0.1) is 13.8 Å². The molecule has 0 amide bonds. The van der Waals surface area contributed by atoms with Gasteiger partial charge in [0, 0.05) is 28.5 Å². The zero-order valence-corrected chi connectivity index (χ0v) is 15.7. The molecule has 0 aliphatic carbocycles. The lowest BCUT2D eigenvalue weighted by molar-refractivity contribution is 0.302. The minimum atomic E-state index is 0.382. The molecule has 0 radical (unpaired) electrons. The topological polar surface area (TPSA) is 52.6 Å². The summed E-state index contributed by atoms with van der Waals surface area (Å²) in [6, 6.07) is 9.17. The van der Waals surface area contributed by atoms with E-state index in [4.69, 9.17) is 32.4 Å². The summed E-state index contributed by atoms with van der Waals surface area (Å²) in [5.41, 5.74) is 3.83. The lowest BCUT2D eigenvalue weighted by Gasteiger charge is -2.03. The Hall–Kier alpha value is -2.50. The number of hydrogen-bond acceptors (Lipinski definition) is 4. The van der Waals surface area contributed by atoms with Crippen LogP contribution in [0.15, 0.2) is 47.1 Å². The van der Waals surface area contributed by atoms with Gasteiger partial charge in [-0.3, -0.25) is 4.98 Å². The van der Waals surface area contributed by atoms with Crippen LogP contribution in [0.4, 0.5) is 0 Å². The van der Waals surface area contributed by atoms with Crippen LogP contribution in [0.1, 0.15) is 17.0 Å². The van der Waals surface area contributed by atoms with Crippen LogP contribution in [-0.4, -0.2) is 14.6 Å². The first-order valence-electron chi connectivity index (χ1n) is 8.00. The van der Waals surface area contributed by atoms with Crippen LogP contribution in [0.25, 0.3) is 17.0 Å². The summed E-state index contributed by atoms with van der Waals surface area (Å²) in [7, 11) is 0. The molecule has 0 spiro atoms. The Morgan fingerprint density at radius 1 is 1.19 bits per heavy atom. The van der Waals surface area contributed by atoms with Crippen molar-refractivity contribution in [3.05, 3.63) is 69.8 Å². The van der Waals surface area contributed by atoms with Crippen molar-refractivity contribution < 1.29 is 9.15 Å². The molecule has 4 aromatic rings. The van der Waals surface area contributed by atoms with Gasteiger partial charge >= 0.3 is 0 Å². The van der Waals surface area contributed by atoms with Crippen molar-refractivity contribution in [1.82, 2.24) is 14.6 Å². The van der Waals surface area contributed by atoms with Crippen molar-refractivity contribution in [2.24, 2.45) is 0 Å². The number of benzene rings is 1. The zero-order valence-electron chi connectivity index (χ0n) is 14.2. The molecule has 0 bridgehead atoms. The van der Waals surface area contributed by atoms with Crippen LogP contribution in [0.2, 0.25) is 10.0 Å². The monoisotopic (exact) mass is 387 g/mol. The van der Waals surface area contributed by atoms with E-state index < -0.39 is 0 Å². The molecular weight excluding hydrogens is 373 g/mol. The SMILES string of the molecule is Cc1nn2c(-c3ccc(Cl)cc3Cl)c(C)oc2c1OCc1cccnc1. The van der Waals surface area contributed by atoms with E-state index in [0.29, 0.717) is 33.9 Å². The molecule has 7 heteroatoms. The fourth-order valence-corrected chi connectivity index (χ4v) is 3.36. The van der Waals surface area contributed by atoms with Crippen molar-refractivity contribution in [2.75, 3.05) is 0 Å². The van der Waals surface area contributed by atoms with Gasteiger partial charge in [-0.15, -0.1) is 0 Å². The van der Waals surface area contributed by atoms with Crippen LogP contribution in [-0.2, 0) is 6.61 Å². The molecule has 4 rings (SSSR count). The van der Waals surface area contributed by atoms with Gasteiger partial charge in [0.05, 0.1) is 5.02 Å². The Morgan fingerprint density at radius 3 is 2.77 bits per heavy atom. The van der Waals surface area contributed by atoms with E-state index in [2.05, 4.69) is 10.1 Å². The molecule has 0 N–H and O–H groups in total. The molecule has 1 aromatic carbocycles. The Balaban J connectivity index is 1.77. The summed E-state index contributed by atoms with van der Waals surface area (Å²) in [4.78, 5) is 4.09.